The molecule has 0 spiro atoms. The molecule has 0 aliphatic rings. The van der Waals surface area contributed by atoms with Crippen LogP contribution in [0, 0.1) is 0 Å². The van der Waals surface area contributed by atoms with Gasteiger partial charge in [0.25, 0.3) is 0 Å². The van der Waals surface area contributed by atoms with E-state index < -0.39 is 0 Å². The average molecular weight is 744 g/mol. The van der Waals surface area contributed by atoms with Gasteiger partial charge >= 0.3 is 0 Å². The van der Waals surface area contributed by atoms with Gasteiger partial charge in [-0.25, -0.2) is 15.0 Å². The number of hydrogen-bond acceptors (Lipinski definition) is 4. The first-order valence-corrected chi connectivity index (χ1v) is 20.0. The lowest BCUT2D eigenvalue weighted by Gasteiger charge is -2.11. The fourth-order valence-electron chi connectivity index (χ4n) is 7.95. The maximum absolute atomic E-state index is 5.09. The van der Waals surface area contributed by atoms with Crippen molar-refractivity contribution in [1.29, 1.82) is 0 Å². The average Bonchev–Trinajstić information content (AvgIpc) is 3.67. The molecular formula is C53H33N3S. The van der Waals surface area contributed by atoms with Gasteiger partial charge in [-0.2, -0.15) is 0 Å². The van der Waals surface area contributed by atoms with E-state index in [1.807, 2.05) is 11.3 Å². The molecule has 0 fully saturated rings. The smallest absolute Gasteiger partial charge is 0.164 e. The molecule has 4 heteroatoms. The Balaban J connectivity index is 0.963. The van der Waals surface area contributed by atoms with Crippen molar-refractivity contribution in [1.82, 2.24) is 15.0 Å². The highest BCUT2D eigenvalue weighted by molar-refractivity contribution is 7.26. The van der Waals surface area contributed by atoms with E-state index in [1.165, 1.54) is 58.6 Å². The normalized spacial score (nSPS) is 11.5. The summed E-state index contributed by atoms with van der Waals surface area (Å²) in [5, 5.41) is 7.40. The van der Waals surface area contributed by atoms with Crippen LogP contribution in [0.1, 0.15) is 0 Å². The third-order valence-corrected chi connectivity index (χ3v) is 12.0. The van der Waals surface area contributed by atoms with Crippen LogP contribution < -0.4 is 0 Å². The molecular weight excluding hydrogens is 711 g/mol. The molecule has 9 aromatic carbocycles. The predicted molar refractivity (Wildman–Crippen MR) is 240 cm³/mol. The van der Waals surface area contributed by atoms with E-state index in [-0.39, 0.29) is 0 Å². The molecule has 11 aromatic rings. The van der Waals surface area contributed by atoms with E-state index in [0.717, 1.165) is 33.2 Å². The lowest BCUT2D eigenvalue weighted by molar-refractivity contribution is 1.07. The van der Waals surface area contributed by atoms with Gasteiger partial charge in [-0.1, -0.05) is 176 Å². The minimum absolute atomic E-state index is 0.640. The zero-order chi connectivity index (χ0) is 37.7. The van der Waals surface area contributed by atoms with Gasteiger partial charge in [0.2, 0.25) is 0 Å². The van der Waals surface area contributed by atoms with E-state index >= 15 is 0 Å². The lowest BCUT2D eigenvalue weighted by atomic mass is 9.98. The van der Waals surface area contributed by atoms with Crippen molar-refractivity contribution in [3.05, 3.63) is 200 Å². The molecule has 0 saturated heterocycles. The molecule has 57 heavy (non-hydrogen) atoms. The molecule has 2 heterocycles. The van der Waals surface area contributed by atoms with E-state index in [1.54, 1.807) is 0 Å². The number of fused-ring (bicyclic) bond motifs is 5. The number of rotatable bonds is 6. The summed E-state index contributed by atoms with van der Waals surface area (Å²) in [5.41, 5.74) is 10.0. The van der Waals surface area contributed by atoms with Crippen LogP contribution in [0.4, 0.5) is 0 Å². The summed E-state index contributed by atoms with van der Waals surface area (Å²) < 4.78 is 2.58. The van der Waals surface area contributed by atoms with Crippen molar-refractivity contribution in [3.63, 3.8) is 0 Å². The van der Waals surface area contributed by atoms with Crippen LogP contribution in [0.3, 0.4) is 0 Å². The van der Waals surface area contributed by atoms with Gasteiger partial charge < -0.3 is 0 Å². The number of thiophene rings is 1. The van der Waals surface area contributed by atoms with Crippen molar-refractivity contribution in [2.75, 3.05) is 0 Å². The highest BCUT2D eigenvalue weighted by atomic mass is 32.1. The van der Waals surface area contributed by atoms with Gasteiger partial charge in [0.1, 0.15) is 0 Å². The second-order valence-electron chi connectivity index (χ2n) is 14.4. The van der Waals surface area contributed by atoms with Crippen LogP contribution in [0.25, 0.3) is 109 Å². The van der Waals surface area contributed by atoms with Crippen molar-refractivity contribution >= 4 is 53.1 Å². The largest absolute Gasteiger partial charge is 0.208 e. The van der Waals surface area contributed by atoms with Gasteiger partial charge in [0, 0.05) is 36.9 Å². The Bertz CT molecular complexity index is 3280. The highest BCUT2D eigenvalue weighted by Gasteiger charge is 2.15. The zero-order valence-corrected chi connectivity index (χ0v) is 31.6. The number of nitrogens with zero attached hydrogens (tertiary/aromatic N) is 3. The molecule has 0 amide bonds. The van der Waals surface area contributed by atoms with Gasteiger partial charge in [-0.3, -0.25) is 0 Å². The second-order valence-corrected chi connectivity index (χ2v) is 15.5. The van der Waals surface area contributed by atoms with Crippen LogP contribution in [0.15, 0.2) is 200 Å². The second kappa shape index (κ2) is 13.8. The molecule has 0 aliphatic carbocycles. The summed E-state index contributed by atoms with van der Waals surface area (Å²) in [4.78, 5) is 15.2. The molecule has 266 valence electrons. The van der Waals surface area contributed by atoms with Gasteiger partial charge in [-0.15, -0.1) is 11.3 Å². The number of benzene rings is 9. The molecule has 2 aromatic heterocycles. The Morgan fingerprint density at radius 2 is 0.754 bits per heavy atom. The molecule has 0 saturated carbocycles. The first kappa shape index (κ1) is 33.1. The molecule has 0 atom stereocenters. The van der Waals surface area contributed by atoms with E-state index in [4.69, 9.17) is 15.0 Å². The third-order valence-electron chi connectivity index (χ3n) is 10.9. The van der Waals surface area contributed by atoms with Crippen LogP contribution in [0.2, 0.25) is 0 Å². The summed E-state index contributed by atoms with van der Waals surface area (Å²) in [6.07, 6.45) is 0. The monoisotopic (exact) mass is 743 g/mol. The minimum atomic E-state index is 0.640. The fourth-order valence-corrected chi connectivity index (χ4v) is 9.12. The molecule has 0 bridgehead atoms. The Kier molecular flexibility index (Phi) is 8.01. The van der Waals surface area contributed by atoms with Crippen LogP contribution in [-0.4, -0.2) is 15.0 Å². The molecule has 0 unspecified atom stereocenters. The van der Waals surface area contributed by atoms with E-state index in [0.29, 0.717) is 17.5 Å². The SMILES string of the molecule is c1ccc(-c2cccc3sc4cc(-c5ccc(-c6nc(-c7ccc(-c8ccc9ccccc9c8)cc7)nc(-c7ccc8ccccc8c7)n6)cc5)ccc4c23)cc1. The Hall–Kier alpha value is -7.27. The zero-order valence-electron chi connectivity index (χ0n) is 30.8. The summed E-state index contributed by atoms with van der Waals surface area (Å²) in [6.45, 7) is 0. The Morgan fingerprint density at radius 1 is 0.281 bits per heavy atom. The van der Waals surface area contributed by atoms with Crippen LogP contribution in [0.5, 0.6) is 0 Å². The number of aromatic nitrogens is 3. The first-order valence-electron chi connectivity index (χ1n) is 19.2. The van der Waals surface area contributed by atoms with Crippen molar-refractivity contribution in [2.45, 2.75) is 0 Å². The fraction of sp³-hybridized carbons (Fsp3) is 0. The molecule has 0 radical (unpaired) electrons. The summed E-state index contributed by atoms with van der Waals surface area (Å²) in [5.74, 6) is 1.93. The van der Waals surface area contributed by atoms with Crippen LogP contribution in [-0.2, 0) is 0 Å². The van der Waals surface area contributed by atoms with Crippen molar-refractivity contribution < 1.29 is 0 Å². The lowest BCUT2D eigenvalue weighted by Crippen LogP contribution is -2.00. The van der Waals surface area contributed by atoms with Gasteiger partial charge in [0.15, 0.2) is 17.5 Å². The number of hydrogen-bond donors (Lipinski definition) is 0. The van der Waals surface area contributed by atoms with Gasteiger partial charge in [-0.05, 0) is 79.2 Å². The molecule has 0 aliphatic heterocycles. The molecule has 3 nitrogen and oxygen atoms in total. The molecule has 11 rings (SSSR count). The van der Waals surface area contributed by atoms with Crippen molar-refractivity contribution in [2.24, 2.45) is 0 Å². The predicted octanol–water partition coefficient (Wildman–Crippen LogP) is 14.5. The third kappa shape index (κ3) is 6.13. The van der Waals surface area contributed by atoms with Crippen molar-refractivity contribution in [3.8, 4) is 67.5 Å². The summed E-state index contributed by atoms with van der Waals surface area (Å²) in [6, 6.07) is 71.2. The Morgan fingerprint density at radius 3 is 1.39 bits per heavy atom. The molecule has 0 N–H and O–H groups in total. The highest BCUT2D eigenvalue weighted by Crippen LogP contribution is 2.41. The quantitative estimate of drug-likeness (QED) is 0.170. The van der Waals surface area contributed by atoms with Gasteiger partial charge in [0.05, 0.1) is 0 Å². The summed E-state index contributed by atoms with van der Waals surface area (Å²) >= 11 is 1.85. The van der Waals surface area contributed by atoms with E-state index in [2.05, 4.69) is 200 Å². The summed E-state index contributed by atoms with van der Waals surface area (Å²) in [7, 11) is 0. The van der Waals surface area contributed by atoms with E-state index in [9.17, 15) is 0 Å². The standard InChI is InChI=1S/C53H33N3S/c1-2-11-38(12-3-1)46-15-8-16-48-50(46)47-30-29-44(33-49(47)57-48)37-19-25-40(26-20-37)52-54-51(55-53(56-52)45-28-22-35-10-5-7-14-42(35)32-45)39-23-17-36(18-24-39)43-27-21-34-9-4-6-13-41(34)31-43/h1-33H. The topological polar surface area (TPSA) is 38.7 Å². The van der Waals surface area contributed by atoms with Crippen LogP contribution >= 0.6 is 11.3 Å². The Labute approximate surface area is 334 Å². The minimum Gasteiger partial charge on any atom is -0.208 e. The maximum Gasteiger partial charge on any atom is 0.164 e. The maximum atomic E-state index is 5.09. The first-order chi connectivity index (χ1) is 28.2.